The molecule has 0 aliphatic heterocycles. The smallest absolute Gasteiger partial charge is 0.164 e. The number of hydrogen-bond donors (Lipinski definition) is 0. The van der Waals surface area contributed by atoms with Crippen molar-refractivity contribution < 1.29 is 0 Å². The van der Waals surface area contributed by atoms with Crippen LogP contribution in [0.15, 0.2) is 231 Å². The summed E-state index contributed by atoms with van der Waals surface area (Å²) >= 11 is 0. The quantitative estimate of drug-likeness (QED) is 0.154. The topological polar surface area (TPSA) is 51.6 Å². The molecule has 0 radical (unpaired) electrons. The molecule has 0 atom stereocenters. The minimum absolute atomic E-state index is 0.551. The third kappa shape index (κ3) is 6.42. The first kappa shape index (κ1) is 36.0. The number of benzene rings is 8. The van der Waals surface area contributed by atoms with E-state index in [2.05, 4.69) is 187 Å². The van der Waals surface area contributed by atoms with Crippen LogP contribution in [0.4, 0.5) is 0 Å². The largest absolute Gasteiger partial charge is 0.264 e. The van der Waals surface area contributed by atoms with Gasteiger partial charge in [-0.25, -0.2) is 15.0 Å². The number of fused-ring (bicyclic) bond motifs is 3. The molecule has 0 bridgehead atoms. The van der Waals surface area contributed by atoms with Crippen molar-refractivity contribution in [3.05, 3.63) is 253 Å². The van der Waals surface area contributed by atoms with Gasteiger partial charge in [0.25, 0.3) is 0 Å². The van der Waals surface area contributed by atoms with Crippen molar-refractivity contribution in [3.63, 3.8) is 0 Å². The van der Waals surface area contributed by atoms with E-state index in [0.29, 0.717) is 17.5 Å². The van der Waals surface area contributed by atoms with E-state index in [9.17, 15) is 0 Å². The van der Waals surface area contributed by atoms with Crippen LogP contribution in [-0.4, -0.2) is 19.9 Å². The van der Waals surface area contributed by atoms with E-state index >= 15 is 0 Å². The lowest BCUT2D eigenvalue weighted by molar-refractivity contribution is 0.768. The lowest BCUT2D eigenvalue weighted by atomic mass is 9.67. The standard InChI is InChI=1S/C57H38N4/c1-4-15-39(16-5-1)45-35-46(40-17-6-2-7-18-40)37-47(36-45)56-60-54(42-19-8-3-9-20-42)59-55(61-56)43-28-32-49(33-29-43)57(48-30-26-41(27-31-48)44-21-14-34-58-38-44)52-24-12-10-22-50(52)51-23-11-13-25-53(51)57/h1-38H. The summed E-state index contributed by atoms with van der Waals surface area (Å²) in [7, 11) is 0. The molecule has 1 aliphatic rings. The summed E-state index contributed by atoms with van der Waals surface area (Å²) < 4.78 is 0. The minimum atomic E-state index is -0.551. The maximum Gasteiger partial charge on any atom is 0.164 e. The number of aromatic nitrogens is 4. The summed E-state index contributed by atoms with van der Waals surface area (Å²) in [6.45, 7) is 0. The minimum Gasteiger partial charge on any atom is -0.264 e. The molecule has 11 rings (SSSR count). The molecule has 0 amide bonds. The molecule has 8 aromatic carbocycles. The van der Waals surface area contributed by atoms with Crippen molar-refractivity contribution in [1.82, 2.24) is 19.9 Å². The van der Waals surface area contributed by atoms with Crippen LogP contribution in [0.5, 0.6) is 0 Å². The number of rotatable bonds is 8. The fraction of sp³-hybridized carbons (Fsp3) is 0.0175. The molecule has 4 heteroatoms. The second-order valence-electron chi connectivity index (χ2n) is 15.4. The van der Waals surface area contributed by atoms with Crippen LogP contribution in [0.1, 0.15) is 22.3 Å². The van der Waals surface area contributed by atoms with Crippen molar-refractivity contribution in [2.24, 2.45) is 0 Å². The van der Waals surface area contributed by atoms with Gasteiger partial charge in [0.2, 0.25) is 0 Å². The van der Waals surface area contributed by atoms with Gasteiger partial charge in [0.1, 0.15) is 0 Å². The van der Waals surface area contributed by atoms with Gasteiger partial charge in [-0.15, -0.1) is 0 Å². The fourth-order valence-electron chi connectivity index (χ4n) is 9.04. The number of pyridine rings is 1. The van der Waals surface area contributed by atoms with Gasteiger partial charge in [0.05, 0.1) is 5.41 Å². The van der Waals surface area contributed by atoms with Crippen molar-refractivity contribution in [2.45, 2.75) is 5.41 Å². The number of nitrogens with zero attached hydrogens (tertiary/aromatic N) is 4. The SMILES string of the molecule is c1ccc(-c2cc(-c3ccccc3)cc(-c3nc(-c4ccccc4)nc(-c4ccc(C5(c6ccc(-c7cccnc7)cc6)c6ccccc6-c6ccccc65)cc4)n3)c2)cc1. The van der Waals surface area contributed by atoms with Gasteiger partial charge in [-0.2, -0.15) is 0 Å². The molecule has 2 heterocycles. The lowest BCUT2D eigenvalue weighted by Crippen LogP contribution is -2.28. The summed E-state index contributed by atoms with van der Waals surface area (Å²) in [5, 5.41) is 0. The summed E-state index contributed by atoms with van der Waals surface area (Å²) in [5.74, 6) is 1.86. The Morgan fingerprint density at radius 1 is 0.279 bits per heavy atom. The Morgan fingerprint density at radius 3 is 1.15 bits per heavy atom. The van der Waals surface area contributed by atoms with Crippen molar-refractivity contribution >= 4 is 0 Å². The van der Waals surface area contributed by atoms with Gasteiger partial charge < -0.3 is 0 Å². The van der Waals surface area contributed by atoms with Gasteiger partial charge >= 0.3 is 0 Å². The first-order chi connectivity index (χ1) is 30.2. The Balaban J connectivity index is 1.07. The van der Waals surface area contributed by atoms with E-state index in [4.69, 9.17) is 15.0 Å². The molecule has 0 saturated heterocycles. The highest BCUT2D eigenvalue weighted by Gasteiger charge is 2.45. The van der Waals surface area contributed by atoms with Gasteiger partial charge in [-0.1, -0.05) is 194 Å². The van der Waals surface area contributed by atoms with Crippen LogP contribution in [0.2, 0.25) is 0 Å². The second kappa shape index (κ2) is 15.3. The van der Waals surface area contributed by atoms with E-state index in [1.54, 1.807) is 0 Å². The van der Waals surface area contributed by atoms with Crippen molar-refractivity contribution in [2.75, 3.05) is 0 Å². The van der Waals surface area contributed by atoms with E-state index < -0.39 is 5.41 Å². The molecule has 0 spiro atoms. The molecular formula is C57H38N4. The summed E-state index contributed by atoms with van der Waals surface area (Å²) in [5.41, 5.74) is 16.3. The van der Waals surface area contributed by atoms with Crippen LogP contribution in [-0.2, 0) is 5.41 Å². The van der Waals surface area contributed by atoms with Crippen LogP contribution in [0, 0.1) is 0 Å². The molecule has 0 fully saturated rings. The van der Waals surface area contributed by atoms with Gasteiger partial charge in [-0.05, 0) is 91.0 Å². The maximum atomic E-state index is 5.25. The van der Waals surface area contributed by atoms with Crippen LogP contribution >= 0.6 is 0 Å². The molecule has 286 valence electrons. The maximum absolute atomic E-state index is 5.25. The summed E-state index contributed by atoms with van der Waals surface area (Å²) in [6.07, 6.45) is 3.73. The van der Waals surface area contributed by atoms with E-state index in [1.165, 1.54) is 33.4 Å². The third-order valence-electron chi connectivity index (χ3n) is 11.9. The van der Waals surface area contributed by atoms with Crippen molar-refractivity contribution in [1.29, 1.82) is 0 Å². The second-order valence-corrected chi connectivity index (χ2v) is 15.4. The third-order valence-corrected chi connectivity index (χ3v) is 11.9. The van der Waals surface area contributed by atoms with E-state index in [-0.39, 0.29) is 0 Å². The molecular weight excluding hydrogens is 741 g/mol. The molecule has 1 aliphatic carbocycles. The average Bonchev–Trinajstić information content (AvgIpc) is 3.66. The lowest BCUT2D eigenvalue weighted by Gasteiger charge is -2.34. The van der Waals surface area contributed by atoms with Crippen LogP contribution in [0.3, 0.4) is 0 Å². The Labute approximate surface area is 355 Å². The zero-order chi connectivity index (χ0) is 40.6. The average molecular weight is 779 g/mol. The Bertz CT molecular complexity index is 3040. The van der Waals surface area contributed by atoms with Crippen molar-refractivity contribution in [3.8, 4) is 78.7 Å². The van der Waals surface area contributed by atoms with Gasteiger partial charge in [-0.3, -0.25) is 4.98 Å². The Hall–Kier alpha value is -8.08. The summed E-state index contributed by atoms with van der Waals surface area (Å²) in [6, 6.07) is 77.4. The molecule has 10 aromatic rings. The molecule has 0 saturated carbocycles. The van der Waals surface area contributed by atoms with E-state index in [0.717, 1.165) is 50.1 Å². The normalized spacial score (nSPS) is 12.4. The molecule has 0 unspecified atom stereocenters. The van der Waals surface area contributed by atoms with Crippen LogP contribution < -0.4 is 0 Å². The molecule has 61 heavy (non-hydrogen) atoms. The van der Waals surface area contributed by atoms with Gasteiger partial charge in [0.15, 0.2) is 17.5 Å². The first-order valence-corrected chi connectivity index (χ1v) is 20.6. The molecule has 4 nitrogen and oxygen atoms in total. The van der Waals surface area contributed by atoms with E-state index in [1.807, 2.05) is 48.8 Å². The van der Waals surface area contributed by atoms with Crippen LogP contribution in [0.25, 0.3) is 78.7 Å². The Kier molecular flexibility index (Phi) is 9.02. The predicted molar refractivity (Wildman–Crippen MR) is 248 cm³/mol. The van der Waals surface area contributed by atoms with Gasteiger partial charge in [0, 0.05) is 29.1 Å². The Morgan fingerprint density at radius 2 is 0.656 bits per heavy atom. The molecule has 0 N–H and O–H groups in total. The highest BCUT2D eigenvalue weighted by molar-refractivity contribution is 5.87. The fourth-order valence-corrected chi connectivity index (χ4v) is 9.04. The zero-order valence-electron chi connectivity index (χ0n) is 33.2. The number of hydrogen-bond acceptors (Lipinski definition) is 4. The highest BCUT2D eigenvalue weighted by atomic mass is 15.0. The predicted octanol–water partition coefficient (Wildman–Crippen LogP) is 13.6. The molecule has 2 aromatic heterocycles. The first-order valence-electron chi connectivity index (χ1n) is 20.6. The monoisotopic (exact) mass is 778 g/mol. The zero-order valence-corrected chi connectivity index (χ0v) is 33.2. The highest BCUT2D eigenvalue weighted by Crippen LogP contribution is 2.56. The summed E-state index contributed by atoms with van der Waals surface area (Å²) in [4.78, 5) is 19.9.